The molecule has 7 heteroatoms. The van der Waals surface area contributed by atoms with Gasteiger partial charge in [0.2, 0.25) is 5.43 Å². The lowest BCUT2D eigenvalue weighted by Gasteiger charge is -2.30. The van der Waals surface area contributed by atoms with Gasteiger partial charge < -0.3 is 19.3 Å². The van der Waals surface area contributed by atoms with Gasteiger partial charge in [0, 0.05) is 30.7 Å². The molecule has 0 amide bonds. The van der Waals surface area contributed by atoms with Gasteiger partial charge >= 0.3 is 5.97 Å². The molecule has 24 heavy (non-hydrogen) atoms. The molecular formula is C17H17ClN2O4. The third kappa shape index (κ3) is 2.56. The van der Waals surface area contributed by atoms with Gasteiger partial charge in [0.05, 0.1) is 29.4 Å². The van der Waals surface area contributed by atoms with Crippen LogP contribution in [0.25, 0.3) is 10.9 Å². The predicted octanol–water partition coefficient (Wildman–Crippen LogP) is 2.52. The molecule has 0 unspecified atom stereocenters. The molecule has 0 radical (unpaired) electrons. The molecule has 4 rings (SSSR count). The van der Waals surface area contributed by atoms with Crippen LogP contribution in [0.15, 0.2) is 23.1 Å². The third-order valence-corrected chi connectivity index (χ3v) is 4.93. The minimum atomic E-state index is -1.20. The van der Waals surface area contributed by atoms with Crippen LogP contribution in [0.3, 0.4) is 0 Å². The Balaban J connectivity index is 1.95. The summed E-state index contributed by atoms with van der Waals surface area (Å²) in [5.41, 5.74) is 0.928. The highest BCUT2D eigenvalue weighted by Crippen LogP contribution is 2.39. The van der Waals surface area contributed by atoms with Gasteiger partial charge in [-0.05, 0) is 25.0 Å². The lowest BCUT2D eigenvalue weighted by atomic mass is 10.1. The summed E-state index contributed by atoms with van der Waals surface area (Å²) in [6.07, 6.45) is 3.46. The van der Waals surface area contributed by atoms with Crippen molar-refractivity contribution in [2.24, 2.45) is 0 Å². The number of anilines is 1. The molecule has 1 aromatic carbocycles. The fourth-order valence-electron chi connectivity index (χ4n) is 3.21. The predicted molar refractivity (Wildman–Crippen MR) is 91.5 cm³/mol. The van der Waals surface area contributed by atoms with E-state index >= 15 is 0 Å². The highest BCUT2D eigenvalue weighted by molar-refractivity contribution is 6.34. The van der Waals surface area contributed by atoms with E-state index in [1.54, 1.807) is 6.07 Å². The average molecular weight is 349 g/mol. The zero-order valence-electron chi connectivity index (χ0n) is 13.0. The van der Waals surface area contributed by atoms with Crippen LogP contribution < -0.4 is 10.3 Å². The number of pyridine rings is 1. The number of carboxylic acids is 1. The van der Waals surface area contributed by atoms with Crippen molar-refractivity contribution in [1.29, 1.82) is 0 Å². The molecule has 0 spiro atoms. The first-order valence-electron chi connectivity index (χ1n) is 8.00. The molecule has 2 heterocycles. The molecule has 2 aliphatic rings. The lowest BCUT2D eigenvalue weighted by molar-refractivity contribution is 0.0695. The van der Waals surface area contributed by atoms with Crippen LogP contribution in [0.5, 0.6) is 0 Å². The van der Waals surface area contributed by atoms with E-state index in [1.165, 1.54) is 6.20 Å². The van der Waals surface area contributed by atoms with Crippen LogP contribution in [-0.4, -0.2) is 41.9 Å². The first-order chi connectivity index (χ1) is 11.6. The second-order valence-corrected chi connectivity index (χ2v) is 6.64. The first-order valence-corrected chi connectivity index (χ1v) is 8.38. The number of benzene rings is 1. The van der Waals surface area contributed by atoms with E-state index in [9.17, 15) is 14.7 Å². The average Bonchev–Trinajstić information content (AvgIpc) is 3.40. The Labute approximate surface area is 143 Å². The number of fused-ring (bicyclic) bond motifs is 1. The Kier molecular flexibility index (Phi) is 3.73. The molecule has 2 aromatic rings. The monoisotopic (exact) mass is 348 g/mol. The number of rotatable bonds is 3. The van der Waals surface area contributed by atoms with Gasteiger partial charge in [-0.1, -0.05) is 11.6 Å². The number of hydrogen-bond donors (Lipinski definition) is 1. The molecule has 2 fully saturated rings. The van der Waals surface area contributed by atoms with E-state index < -0.39 is 11.4 Å². The summed E-state index contributed by atoms with van der Waals surface area (Å²) in [6, 6.07) is 3.77. The van der Waals surface area contributed by atoms with Crippen LogP contribution in [0.2, 0.25) is 5.02 Å². The van der Waals surface area contributed by atoms with E-state index in [-0.39, 0.29) is 11.6 Å². The van der Waals surface area contributed by atoms with Crippen LogP contribution in [0, 0.1) is 0 Å². The zero-order valence-corrected chi connectivity index (χ0v) is 13.8. The summed E-state index contributed by atoms with van der Waals surface area (Å²) in [7, 11) is 0. The molecule has 0 bridgehead atoms. The topological polar surface area (TPSA) is 71.8 Å². The standard InChI is InChI=1S/C17H17ClN2O4/c18-13-7-11-14(8-15(13)19-3-5-24-6-4-19)20(10-1-2-10)9-12(16(11)21)17(22)23/h7-10H,1-6H2,(H,22,23). The summed E-state index contributed by atoms with van der Waals surface area (Å²) in [6.45, 7) is 2.77. The Bertz CT molecular complexity index is 882. The Hall–Kier alpha value is -2.05. The highest BCUT2D eigenvalue weighted by Gasteiger charge is 2.27. The van der Waals surface area contributed by atoms with Gasteiger partial charge in [0.1, 0.15) is 5.56 Å². The summed E-state index contributed by atoms with van der Waals surface area (Å²) in [4.78, 5) is 26.0. The van der Waals surface area contributed by atoms with Crippen molar-refractivity contribution < 1.29 is 14.6 Å². The molecule has 6 nitrogen and oxygen atoms in total. The summed E-state index contributed by atoms with van der Waals surface area (Å²) in [5.74, 6) is -1.20. The summed E-state index contributed by atoms with van der Waals surface area (Å²) in [5, 5.41) is 10.1. The number of morpholine rings is 1. The molecule has 126 valence electrons. The molecular weight excluding hydrogens is 332 g/mol. The number of nitrogens with zero attached hydrogens (tertiary/aromatic N) is 2. The molecule has 1 saturated heterocycles. The van der Waals surface area contributed by atoms with Gasteiger partial charge in [-0.15, -0.1) is 0 Å². The minimum Gasteiger partial charge on any atom is -0.477 e. The lowest BCUT2D eigenvalue weighted by Crippen LogP contribution is -2.36. The number of aromatic carboxylic acids is 1. The number of hydrogen-bond acceptors (Lipinski definition) is 4. The molecule has 0 atom stereocenters. The molecule has 1 saturated carbocycles. The second-order valence-electron chi connectivity index (χ2n) is 6.24. The number of carbonyl (C=O) groups is 1. The normalized spacial score (nSPS) is 18.1. The van der Waals surface area contributed by atoms with Crippen molar-refractivity contribution in [2.45, 2.75) is 18.9 Å². The van der Waals surface area contributed by atoms with Gasteiger partial charge in [-0.25, -0.2) is 4.79 Å². The number of halogens is 1. The van der Waals surface area contributed by atoms with Crippen molar-refractivity contribution in [2.75, 3.05) is 31.2 Å². The van der Waals surface area contributed by atoms with Gasteiger partial charge in [-0.2, -0.15) is 0 Å². The van der Waals surface area contributed by atoms with E-state index in [1.807, 2.05) is 10.6 Å². The van der Waals surface area contributed by atoms with Crippen LogP contribution in [0.4, 0.5) is 5.69 Å². The maximum absolute atomic E-state index is 12.5. The van der Waals surface area contributed by atoms with Crippen molar-refractivity contribution in [1.82, 2.24) is 4.57 Å². The maximum Gasteiger partial charge on any atom is 0.341 e. The van der Waals surface area contributed by atoms with Gasteiger partial charge in [-0.3, -0.25) is 4.79 Å². The van der Waals surface area contributed by atoms with Crippen LogP contribution in [-0.2, 0) is 4.74 Å². The van der Waals surface area contributed by atoms with Crippen molar-refractivity contribution in [3.63, 3.8) is 0 Å². The Morgan fingerprint density at radius 2 is 1.96 bits per heavy atom. The maximum atomic E-state index is 12.5. The van der Waals surface area contributed by atoms with Crippen LogP contribution >= 0.6 is 11.6 Å². The number of carboxylic acid groups (broad SMARTS) is 1. The van der Waals surface area contributed by atoms with E-state index in [4.69, 9.17) is 16.3 Å². The first kappa shape index (κ1) is 15.5. The van der Waals surface area contributed by atoms with E-state index in [0.29, 0.717) is 23.6 Å². The largest absolute Gasteiger partial charge is 0.477 e. The molecule has 1 aliphatic carbocycles. The minimum absolute atomic E-state index is 0.204. The fraction of sp³-hybridized carbons (Fsp3) is 0.412. The Morgan fingerprint density at radius 3 is 2.58 bits per heavy atom. The van der Waals surface area contributed by atoms with E-state index in [2.05, 4.69) is 4.90 Å². The van der Waals surface area contributed by atoms with E-state index in [0.717, 1.165) is 37.1 Å². The number of aromatic nitrogens is 1. The molecule has 1 aromatic heterocycles. The summed E-state index contributed by atoms with van der Waals surface area (Å²) >= 11 is 6.41. The number of ether oxygens (including phenoxy) is 1. The van der Waals surface area contributed by atoms with Crippen LogP contribution in [0.1, 0.15) is 29.2 Å². The van der Waals surface area contributed by atoms with Crippen molar-refractivity contribution in [3.8, 4) is 0 Å². The summed E-state index contributed by atoms with van der Waals surface area (Å²) < 4.78 is 7.29. The highest BCUT2D eigenvalue weighted by atomic mass is 35.5. The molecule has 1 aliphatic heterocycles. The fourth-order valence-corrected chi connectivity index (χ4v) is 3.50. The van der Waals surface area contributed by atoms with Gasteiger partial charge in [0.15, 0.2) is 0 Å². The van der Waals surface area contributed by atoms with Crippen molar-refractivity contribution >= 4 is 34.2 Å². The quantitative estimate of drug-likeness (QED) is 0.922. The SMILES string of the molecule is O=C(O)c1cn(C2CC2)c2cc(N3CCOCC3)c(Cl)cc2c1=O. The Morgan fingerprint density at radius 1 is 1.25 bits per heavy atom. The third-order valence-electron chi connectivity index (χ3n) is 4.62. The van der Waals surface area contributed by atoms with Crippen molar-refractivity contribution in [3.05, 3.63) is 39.1 Å². The second kappa shape index (κ2) is 5.79. The van der Waals surface area contributed by atoms with Gasteiger partial charge in [0.25, 0.3) is 0 Å². The molecule has 1 N–H and O–H groups in total. The smallest absolute Gasteiger partial charge is 0.341 e. The zero-order chi connectivity index (χ0) is 16.8.